The van der Waals surface area contributed by atoms with E-state index < -0.39 is 0 Å². The molecule has 0 aliphatic heterocycles. The molecule has 0 aliphatic carbocycles. The Hall–Kier alpha value is -2.20. The van der Waals surface area contributed by atoms with Crippen molar-refractivity contribution in [3.05, 3.63) is 72.1 Å². The number of aromatic nitrogens is 2. The second-order valence-corrected chi connectivity index (χ2v) is 5.96. The molecule has 0 unspecified atom stereocenters. The quantitative estimate of drug-likeness (QED) is 0.583. The summed E-state index contributed by atoms with van der Waals surface area (Å²) < 4.78 is 1.91. The molecule has 0 saturated heterocycles. The van der Waals surface area contributed by atoms with Gasteiger partial charge in [0.25, 0.3) is 0 Å². The first kappa shape index (κ1) is 13.8. The van der Waals surface area contributed by atoms with Crippen molar-refractivity contribution in [3.8, 4) is 5.69 Å². The third-order valence-electron chi connectivity index (χ3n) is 3.25. The number of hydrogen-bond donors (Lipinski definition) is 1. The summed E-state index contributed by atoms with van der Waals surface area (Å²) in [5.41, 5.74) is 10.1. The minimum absolute atomic E-state index is 0.814. The number of benzene rings is 2. The van der Waals surface area contributed by atoms with Crippen molar-refractivity contribution < 1.29 is 0 Å². The summed E-state index contributed by atoms with van der Waals surface area (Å²) in [5, 5.41) is 4.42. The minimum Gasteiger partial charge on any atom is -0.399 e. The van der Waals surface area contributed by atoms with Gasteiger partial charge in [0.15, 0.2) is 0 Å². The van der Waals surface area contributed by atoms with Crippen molar-refractivity contribution in [2.24, 2.45) is 0 Å². The third-order valence-corrected chi connectivity index (χ3v) is 4.50. The molecular weight excluding hydrogens is 278 g/mol. The highest BCUT2D eigenvalue weighted by Crippen LogP contribution is 2.27. The van der Waals surface area contributed by atoms with Crippen molar-refractivity contribution in [1.29, 1.82) is 0 Å². The Kier molecular flexibility index (Phi) is 3.97. The fourth-order valence-electron chi connectivity index (χ4n) is 2.15. The Morgan fingerprint density at radius 1 is 1.14 bits per heavy atom. The molecule has 4 heteroatoms. The van der Waals surface area contributed by atoms with Crippen LogP contribution in [-0.2, 0) is 5.75 Å². The zero-order valence-electron chi connectivity index (χ0n) is 11.9. The van der Waals surface area contributed by atoms with Gasteiger partial charge in [-0.1, -0.05) is 18.2 Å². The Bertz CT molecular complexity index is 735. The van der Waals surface area contributed by atoms with E-state index in [2.05, 4.69) is 24.3 Å². The lowest BCUT2D eigenvalue weighted by molar-refractivity contribution is 0.880. The van der Waals surface area contributed by atoms with Gasteiger partial charge in [-0.05, 0) is 42.8 Å². The molecule has 106 valence electrons. The summed E-state index contributed by atoms with van der Waals surface area (Å²) in [7, 11) is 0. The molecular formula is C17H17N3S. The number of rotatable bonds is 4. The highest BCUT2D eigenvalue weighted by atomic mass is 32.2. The van der Waals surface area contributed by atoms with Crippen LogP contribution in [0.15, 0.2) is 65.8 Å². The Morgan fingerprint density at radius 3 is 2.71 bits per heavy atom. The molecule has 0 saturated carbocycles. The molecule has 0 bridgehead atoms. The van der Waals surface area contributed by atoms with Gasteiger partial charge in [-0.2, -0.15) is 5.10 Å². The van der Waals surface area contributed by atoms with Gasteiger partial charge in [0.05, 0.1) is 11.9 Å². The van der Waals surface area contributed by atoms with Gasteiger partial charge < -0.3 is 5.73 Å². The summed E-state index contributed by atoms with van der Waals surface area (Å²) in [6, 6.07) is 16.2. The molecule has 0 radical (unpaired) electrons. The molecule has 1 aromatic heterocycles. The molecule has 2 aromatic carbocycles. The van der Waals surface area contributed by atoms with Crippen LogP contribution in [-0.4, -0.2) is 9.78 Å². The van der Waals surface area contributed by atoms with Gasteiger partial charge in [0, 0.05) is 28.1 Å². The molecule has 0 atom stereocenters. The standard InChI is InChI=1S/C17H17N3S/c1-13-9-15(18)7-8-17(13)21-12-14-10-19-20(11-14)16-5-3-2-4-6-16/h2-11H,12,18H2,1H3. The molecule has 0 fully saturated rings. The third kappa shape index (κ3) is 3.28. The average Bonchev–Trinajstić information content (AvgIpc) is 2.96. The fraction of sp³-hybridized carbons (Fsp3) is 0.118. The summed E-state index contributed by atoms with van der Waals surface area (Å²) in [5.74, 6) is 0.900. The monoisotopic (exact) mass is 295 g/mol. The summed E-state index contributed by atoms with van der Waals surface area (Å²) in [4.78, 5) is 1.26. The number of thioether (sulfide) groups is 1. The summed E-state index contributed by atoms with van der Waals surface area (Å²) in [6.45, 7) is 2.09. The van der Waals surface area contributed by atoms with Crippen LogP contribution in [0.5, 0.6) is 0 Å². The van der Waals surface area contributed by atoms with Crippen LogP contribution >= 0.6 is 11.8 Å². The Morgan fingerprint density at radius 2 is 1.95 bits per heavy atom. The van der Waals surface area contributed by atoms with Crippen LogP contribution in [0.1, 0.15) is 11.1 Å². The van der Waals surface area contributed by atoms with Crippen molar-refractivity contribution in [2.75, 3.05) is 5.73 Å². The number of hydrogen-bond acceptors (Lipinski definition) is 3. The van der Waals surface area contributed by atoms with Gasteiger partial charge in [0.1, 0.15) is 0 Å². The minimum atomic E-state index is 0.814. The van der Waals surface area contributed by atoms with E-state index >= 15 is 0 Å². The topological polar surface area (TPSA) is 43.8 Å². The van der Waals surface area contributed by atoms with Crippen LogP contribution in [0, 0.1) is 6.92 Å². The van der Waals surface area contributed by atoms with E-state index in [4.69, 9.17) is 5.73 Å². The number of nitrogens with two attached hydrogens (primary N) is 1. The first-order valence-electron chi connectivity index (χ1n) is 6.80. The Balaban J connectivity index is 1.70. The van der Waals surface area contributed by atoms with Crippen LogP contribution < -0.4 is 5.73 Å². The maximum atomic E-state index is 5.78. The zero-order chi connectivity index (χ0) is 14.7. The second kappa shape index (κ2) is 6.06. The molecule has 3 nitrogen and oxygen atoms in total. The maximum absolute atomic E-state index is 5.78. The van der Waals surface area contributed by atoms with Gasteiger partial charge in [-0.15, -0.1) is 11.8 Å². The molecule has 3 aromatic rings. The molecule has 0 spiro atoms. The van der Waals surface area contributed by atoms with Crippen LogP contribution in [0.2, 0.25) is 0 Å². The van der Waals surface area contributed by atoms with Crippen molar-refractivity contribution in [1.82, 2.24) is 9.78 Å². The number of nitrogen functional groups attached to an aromatic ring is 1. The van der Waals surface area contributed by atoms with Gasteiger partial charge in [-0.25, -0.2) is 4.68 Å². The smallest absolute Gasteiger partial charge is 0.0645 e. The van der Waals surface area contributed by atoms with E-state index in [0.29, 0.717) is 0 Å². The van der Waals surface area contributed by atoms with Crippen LogP contribution in [0.25, 0.3) is 5.69 Å². The van der Waals surface area contributed by atoms with Crippen molar-refractivity contribution >= 4 is 17.4 Å². The van der Waals surface area contributed by atoms with Gasteiger partial charge in [-0.3, -0.25) is 0 Å². The second-order valence-electron chi connectivity index (χ2n) is 4.94. The predicted octanol–water partition coefficient (Wildman–Crippen LogP) is 4.06. The number of anilines is 1. The normalized spacial score (nSPS) is 10.7. The number of aryl methyl sites for hydroxylation is 1. The summed E-state index contributed by atoms with van der Waals surface area (Å²) >= 11 is 1.81. The lowest BCUT2D eigenvalue weighted by atomic mass is 10.2. The molecule has 0 aliphatic rings. The molecule has 21 heavy (non-hydrogen) atoms. The lowest BCUT2D eigenvalue weighted by Crippen LogP contribution is -1.92. The van der Waals surface area contributed by atoms with Crippen molar-refractivity contribution in [2.45, 2.75) is 17.6 Å². The fourth-order valence-corrected chi connectivity index (χ4v) is 3.07. The maximum Gasteiger partial charge on any atom is 0.0645 e. The zero-order valence-corrected chi connectivity index (χ0v) is 12.7. The first-order valence-corrected chi connectivity index (χ1v) is 7.79. The summed E-state index contributed by atoms with van der Waals surface area (Å²) in [6.07, 6.45) is 4.00. The van der Waals surface area contributed by atoms with Crippen LogP contribution in [0.4, 0.5) is 5.69 Å². The Labute approximate surface area is 128 Å². The predicted molar refractivity (Wildman–Crippen MR) is 88.7 cm³/mol. The number of para-hydroxylation sites is 1. The highest BCUT2D eigenvalue weighted by Gasteiger charge is 2.04. The van der Waals surface area contributed by atoms with E-state index in [1.54, 1.807) is 0 Å². The van der Waals surface area contributed by atoms with Gasteiger partial charge in [0.2, 0.25) is 0 Å². The molecule has 0 amide bonds. The SMILES string of the molecule is Cc1cc(N)ccc1SCc1cnn(-c2ccccc2)c1. The molecule has 2 N–H and O–H groups in total. The average molecular weight is 295 g/mol. The lowest BCUT2D eigenvalue weighted by Gasteiger charge is -2.05. The molecule has 1 heterocycles. The largest absolute Gasteiger partial charge is 0.399 e. The van der Waals surface area contributed by atoms with Gasteiger partial charge >= 0.3 is 0 Å². The van der Waals surface area contributed by atoms with E-state index in [1.165, 1.54) is 16.0 Å². The van der Waals surface area contributed by atoms with E-state index in [-0.39, 0.29) is 0 Å². The molecule has 3 rings (SSSR count). The van der Waals surface area contributed by atoms with Crippen LogP contribution in [0.3, 0.4) is 0 Å². The van der Waals surface area contributed by atoms with E-state index in [9.17, 15) is 0 Å². The van der Waals surface area contributed by atoms with Crippen molar-refractivity contribution in [3.63, 3.8) is 0 Å². The van der Waals surface area contributed by atoms with E-state index in [0.717, 1.165) is 17.1 Å². The van der Waals surface area contributed by atoms with E-state index in [1.807, 2.05) is 65.1 Å². The first-order chi connectivity index (χ1) is 10.2. The number of nitrogens with zero attached hydrogens (tertiary/aromatic N) is 2. The highest BCUT2D eigenvalue weighted by molar-refractivity contribution is 7.98.